The van der Waals surface area contributed by atoms with E-state index < -0.39 is 0 Å². The van der Waals surface area contributed by atoms with Crippen LogP contribution in [0.5, 0.6) is 5.75 Å². The molecule has 6 rings (SSSR count). The Labute approximate surface area is 215 Å². The molecule has 10 heteroatoms. The zero-order valence-electron chi connectivity index (χ0n) is 21.4. The summed E-state index contributed by atoms with van der Waals surface area (Å²) >= 11 is 0. The lowest BCUT2D eigenvalue weighted by atomic mass is 10.1. The van der Waals surface area contributed by atoms with Crippen LogP contribution < -0.4 is 10.1 Å². The van der Waals surface area contributed by atoms with Crippen LogP contribution >= 0.6 is 0 Å². The van der Waals surface area contributed by atoms with E-state index in [1.807, 2.05) is 11.1 Å². The Morgan fingerprint density at radius 2 is 1.92 bits per heavy atom. The van der Waals surface area contributed by atoms with Crippen LogP contribution in [0.25, 0.3) is 11.0 Å². The monoisotopic (exact) mass is 498 g/mol. The van der Waals surface area contributed by atoms with Crippen LogP contribution in [0.4, 0.5) is 11.6 Å². The maximum absolute atomic E-state index is 13.5. The average molecular weight is 499 g/mol. The van der Waals surface area contributed by atoms with E-state index in [-0.39, 0.29) is 11.9 Å². The predicted octanol–water partition coefficient (Wildman–Crippen LogP) is 3.59. The number of carbonyl (C=O) groups excluding carboxylic acids is 1. The second-order valence-corrected chi connectivity index (χ2v) is 10.2. The first-order chi connectivity index (χ1) is 17.9. The van der Waals surface area contributed by atoms with Crippen molar-refractivity contribution < 1.29 is 9.53 Å². The van der Waals surface area contributed by atoms with Crippen LogP contribution in [0.3, 0.4) is 0 Å². The number of H-pyrrole nitrogens is 1. The lowest BCUT2D eigenvalue weighted by molar-refractivity contribution is 0.0772. The van der Waals surface area contributed by atoms with Gasteiger partial charge in [0.1, 0.15) is 11.3 Å². The number of amides is 1. The molecular weight excluding hydrogens is 468 g/mol. The minimum Gasteiger partial charge on any atom is -0.496 e. The number of nitrogens with zero attached hydrogens (tertiary/aromatic N) is 6. The molecule has 2 aromatic carbocycles. The van der Waals surface area contributed by atoms with Gasteiger partial charge in [-0.25, -0.2) is 9.97 Å². The van der Waals surface area contributed by atoms with Crippen molar-refractivity contribution in [3.8, 4) is 5.75 Å². The van der Waals surface area contributed by atoms with Gasteiger partial charge >= 0.3 is 0 Å². The number of nitrogens with one attached hydrogen (secondary N) is 2. The predicted molar refractivity (Wildman–Crippen MR) is 140 cm³/mol. The highest BCUT2D eigenvalue weighted by Gasteiger charge is 2.39. The molecule has 0 bridgehead atoms. The number of rotatable bonds is 5. The number of anilines is 2. The van der Waals surface area contributed by atoms with E-state index in [1.165, 1.54) is 11.1 Å². The SMILES string of the molecule is COc1cc2[nH]nnc2cc1C(=O)N1CC(C)C(N2Cc3cnc(Nc4cc(C)cc(C)c4)nc3C2)C1. The zero-order valence-corrected chi connectivity index (χ0v) is 21.4. The molecule has 2 aliphatic rings. The third kappa shape index (κ3) is 4.37. The van der Waals surface area contributed by atoms with E-state index in [1.54, 1.807) is 19.2 Å². The molecular formula is C27H30N8O2. The molecule has 4 aromatic rings. The lowest BCUT2D eigenvalue weighted by Crippen LogP contribution is -2.37. The molecule has 4 heterocycles. The van der Waals surface area contributed by atoms with E-state index in [9.17, 15) is 4.79 Å². The fourth-order valence-electron chi connectivity index (χ4n) is 5.62. The van der Waals surface area contributed by atoms with Gasteiger partial charge in [0.2, 0.25) is 5.95 Å². The topological polar surface area (TPSA) is 112 Å². The number of benzene rings is 2. The first-order valence-corrected chi connectivity index (χ1v) is 12.5. The molecule has 2 aliphatic heterocycles. The second kappa shape index (κ2) is 9.11. The maximum atomic E-state index is 13.5. The molecule has 1 fully saturated rings. The van der Waals surface area contributed by atoms with Crippen LogP contribution in [-0.4, -0.2) is 67.3 Å². The third-order valence-corrected chi connectivity index (χ3v) is 7.36. The normalized spacial score (nSPS) is 19.4. The Bertz CT molecular complexity index is 1480. The van der Waals surface area contributed by atoms with Crippen molar-refractivity contribution in [2.75, 3.05) is 25.5 Å². The molecule has 2 atom stereocenters. The van der Waals surface area contributed by atoms with Gasteiger partial charge in [0.15, 0.2) is 0 Å². The number of aryl methyl sites for hydroxylation is 2. The van der Waals surface area contributed by atoms with E-state index >= 15 is 0 Å². The Morgan fingerprint density at radius 1 is 1.11 bits per heavy atom. The number of aromatic amines is 1. The minimum absolute atomic E-state index is 0.0486. The molecule has 1 amide bonds. The molecule has 0 saturated carbocycles. The number of methoxy groups -OCH3 is 1. The quantitative estimate of drug-likeness (QED) is 0.429. The third-order valence-electron chi connectivity index (χ3n) is 7.36. The van der Waals surface area contributed by atoms with Crippen molar-refractivity contribution in [2.45, 2.75) is 39.9 Å². The Kier molecular flexibility index (Phi) is 5.75. The van der Waals surface area contributed by atoms with Gasteiger partial charge in [0.05, 0.1) is 23.9 Å². The average Bonchev–Trinajstić information content (AvgIpc) is 3.59. The summed E-state index contributed by atoms with van der Waals surface area (Å²) in [6.07, 6.45) is 1.92. The van der Waals surface area contributed by atoms with Crippen molar-refractivity contribution in [2.24, 2.45) is 5.92 Å². The van der Waals surface area contributed by atoms with Crippen LogP contribution in [0.2, 0.25) is 0 Å². The van der Waals surface area contributed by atoms with Gasteiger partial charge in [-0.15, -0.1) is 5.10 Å². The molecule has 2 unspecified atom stereocenters. The number of carbonyl (C=O) groups is 1. The zero-order chi connectivity index (χ0) is 25.7. The maximum Gasteiger partial charge on any atom is 0.257 e. The summed E-state index contributed by atoms with van der Waals surface area (Å²) in [6, 6.07) is 10.1. The van der Waals surface area contributed by atoms with Gasteiger partial charge in [0, 0.05) is 55.7 Å². The van der Waals surface area contributed by atoms with Crippen LogP contribution in [0.15, 0.2) is 36.5 Å². The van der Waals surface area contributed by atoms with Crippen LogP contribution in [-0.2, 0) is 13.1 Å². The standard InChI is InChI=1S/C27H30N8O2/c1-15-5-16(2)7-19(6-15)29-27-28-10-18-12-34(13-23(18)30-27)24-14-35(11-17(24)3)26(36)20-8-21-22(32-33-31-21)9-25(20)37-4/h5-10,17,24H,11-14H2,1-4H3,(H,28,29,30)(H,31,32,33). The fraction of sp³-hybridized carbons (Fsp3) is 0.370. The Morgan fingerprint density at radius 3 is 2.70 bits per heavy atom. The van der Waals surface area contributed by atoms with E-state index in [2.05, 4.69) is 69.6 Å². The van der Waals surface area contributed by atoms with Crippen molar-refractivity contribution >= 4 is 28.6 Å². The minimum atomic E-state index is -0.0486. The fourth-order valence-corrected chi connectivity index (χ4v) is 5.62. The highest BCUT2D eigenvalue weighted by atomic mass is 16.5. The van der Waals surface area contributed by atoms with Crippen LogP contribution in [0.1, 0.15) is 39.7 Å². The van der Waals surface area contributed by atoms with Gasteiger partial charge in [-0.05, 0) is 49.1 Å². The summed E-state index contributed by atoms with van der Waals surface area (Å²) in [4.78, 5) is 27.2. The molecule has 2 aromatic heterocycles. The molecule has 0 aliphatic carbocycles. The number of fused-ring (bicyclic) bond motifs is 2. The summed E-state index contributed by atoms with van der Waals surface area (Å²) in [7, 11) is 1.57. The Balaban J connectivity index is 1.16. The summed E-state index contributed by atoms with van der Waals surface area (Å²) in [6.45, 7) is 9.22. The van der Waals surface area contributed by atoms with E-state index in [4.69, 9.17) is 9.72 Å². The smallest absolute Gasteiger partial charge is 0.257 e. The molecule has 2 N–H and O–H groups in total. The number of ether oxygens (including phenoxy) is 1. The van der Waals surface area contributed by atoms with Crippen molar-refractivity contribution in [1.82, 2.24) is 35.2 Å². The van der Waals surface area contributed by atoms with Gasteiger partial charge in [-0.3, -0.25) is 14.8 Å². The highest BCUT2D eigenvalue weighted by Crippen LogP contribution is 2.33. The molecule has 37 heavy (non-hydrogen) atoms. The van der Waals surface area contributed by atoms with Crippen molar-refractivity contribution in [3.63, 3.8) is 0 Å². The van der Waals surface area contributed by atoms with Crippen LogP contribution in [0, 0.1) is 19.8 Å². The molecule has 0 radical (unpaired) electrons. The van der Waals surface area contributed by atoms with E-state index in [0.717, 1.165) is 35.6 Å². The van der Waals surface area contributed by atoms with Gasteiger partial charge in [-0.2, -0.15) is 0 Å². The van der Waals surface area contributed by atoms with E-state index in [0.29, 0.717) is 41.8 Å². The van der Waals surface area contributed by atoms with Gasteiger partial charge < -0.3 is 15.0 Å². The summed E-state index contributed by atoms with van der Waals surface area (Å²) in [5.74, 6) is 1.40. The second-order valence-electron chi connectivity index (χ2n) is 10.2. The number of likely N-dealkylation sites (tertiary alicyclic amines) is 1. The molecule has 190 valence electrons. The molecule has 0 spiro atoms. The number of aromatic nitrogens is 5. The highest BCUT2D eigenvalue weighted by molar-refractivity contribution is 6.00. The Hall–Kier alpha value is -4.05. The van der Waals surface area contributed by atoms with Crippen molar-refractivity contribution in [1.29, 1.82) is 0 Å². The molecule has 1 saturated heterocycles. The van der Waals surface area contributed by atoms with Gasteiger partial charge in [0.25, 0.3) is 5.91 Å². The summed E-state index contributed by atoms with van der Waals surface area (Å²) in [5.41, 5.74) is 7.46. The van der Waals surface area contributed by atoms with Gasteiger partial charge in [-0.1, -0.05) is 18.2 Å². The number of hydrogen-bond acceptors (Lipinski definition) is 8. The van der Waals surface area contributed by atoms with Crippen molar-refractivity contribution in [3.05, 3.63) is 64.5 Å². The number of hydrogen-bond donors (Lipinski definition) is 2. The first kappa shape index (κ1) is 23.4. The largest absolute Gasteiger partial charge is 0.496 e. The lowest BCUT2D eigenvalue weighted by Gasteiger charge is -2.26. The first-order valence-electron chi connectivity index (χ1n) is 12.5. The summed E-state index contributed by atoms with van der Waals surface area (Å²) < 4.78 is 5.51. The molecule has 10 nitrogen and oxygen atoms in total. The summed E-state index contributed by atoms with van der Waals surface area (Å²) in [5, 5.41) is 14.1.